The number of carbonyl (C=O) groups is 2. The molecule has 4 nitrogen and oxygen atoms in total. The van der Waals surface area contributed by atoms with Crippen molar-refractivity contribution in [1.82, 2.24) is 10.6 Å². The van der Waals surface area contributed by atoms with Crippen molar-refractivity contribution in [1.29, 1.82) is 0 Å². The molecular weight excluding hydrogens is 715 g/mol. The summed E-state index contributed by atoms with van der Waals surface area (Å²) in [5.74, 6) is 4.27. The first-order valence-corrected chi connectivity index (χ1v) is 17.0. The van der Waals surface area contributed by atoms with Crippen LogP contribution in [0.15, 0.2) is 30.3 Å². The van der Waals surface area contributed by atoms with Gasteiger partial charge in [0.05, 0.1) is 0 Å². The number of benzene rings is 1. The third-order valence-electron chi connectivity index (χ3n) is 9.84. The van der Waals surface area contributed by atoms with E-state index in [1.54, 1.807) is 13.8 Å². The fourth-order valence-corrected chi connectivity index (χ4v) is 7.12. The molecule has 0 spiro atoms. The normalized spacial score (nSPS) is 23.6. The minimum absolute atomic E-state index is 0. The van der Waals surface area contributed by atoms with E-state index >= 15 is 0 Å². The number of hydrogen-bond acceptors (Lipinski definition) is 3. The first-order chi connectivity index (χ1) is 20.8. The zero-order valence-electron chi connectivity index (χ0n) is 30.0. The maximum atomic E-state index is 12.8. The molecule has 1 amide bonds. The van der Waals surface area contributed by atoms with E-state index < -0.39 is 0 Å². The molecule has 8 heteroatoms. The maximum Gasteiger partial charge on any atom is 2.00 e. The van der Waals surface area contributed by atoms with Gasteiger partial charge in [-0.2, -0.15) is 25.2 Å². The molecule has 4 radical (unpaired) electrons. The topological polar surface area (TPSA) is 58.2 Å². The van der Waals surface area contributed by atoms with Gasteiger partial charge in [-0.15, -0.1) is 12.3 Å². The van der Waals surface area contributed by atoms with Crippen molar-refractivity contribution in [3.05, 3.63) is 76.9 Å². The van der Waals surface area contributed by atoms with E-state index in [1.807, 2.05) is 7.05 Å². The van der Waals surface area contributed by atoms with Crippen molar-refractivity contribution in [2.45, 2.75) is 96.7 Å². The second-order valence-corrected chi connectivity index (χ2v) is 13.0. The zero-order valence-corrected chi connectivity index (χ0v) is 35.4. The predicted molar refractivity (Wildman–Crippen MR) is 189 cm³/mol. The Kier molecular flexibility index (Phi) is 32.5. The van der Waals surface area contributed by atoms with Crippen LogP contribution in [0.1, 0.15) is 90.0 Å². The molecule has 0 bridgehead atoms. The number of Topliss-reactive ketones (excluding diaryl/α,β-unsaturated/α-hetero) is 1. The molecule has 47 heavy (non-hydrogen) atoms. The molecule has 8 unspecified atom stereocenters. The maximum absolute atomic E-state index is 12.8. The molecule has 0 aliphatic heterocycles. The summed E-state index contributed by atoms with van der Waals surface area (Å²) in [6, 6.07) is 10.7. The predicted octanol–water partition coefficient (Wildman–Crippen LogP) is 8.10. The van der Waals surface area contributed by atoms with Gasteiger partial charge in [0.2, 0.25) is 5.91 Å². The summed E-state index contributed by atoms with van der Waals surface area (Å²) in [5, 5.41) is 6.49. The average molecular weight is 778 g/mol. The fraction of sp³-hybridized carbons (Fsp3) is 0.641. The number of amides is 1. The van der Waals surface area contributed by atoms with Crippen LogP contribution in [0, 0.1) is 82.5 Å². The van der Waals surface area contributed by atoms with Crippen LogP contribution < -0.4 is 10.6 Å². The van der Waals surface area contributed by atoms with E-state index in [-0.39, 0.29) is 78.5 Å². The van der Waals surface area contributed by atoms with E-state index in [0.717, 1.165) is 77.3 Å². The largest absolute Gasteiger partial charge is 2.00 e. The molecule has 8 atom stereocenters. The number of hydrogen-bond donors (Lipinski definition) is 2. The van der Waals surface area contributed by atoms with Crippen LogP contribution in [0.5, 0.6) is 0 Å². The monoisotopic (exact) mass is 776 g/mol. The minimum atomic E-state index is 0. The summed E-state index contributed by atoms with van der Waals surface area (Å²) in [7, 11) is 8.33. The van der Waals surface area contributed by atoms with Crippen LogP contribution in [0.3, 0.4) is 0 Å². The van der Waals surface area contributed by atoms with Crippen molar-refractivity contribution < 1.29 is 63.2 Å². The van der Waals surface area contributed by atoms with Gasteiger partial charge in [0, 0.05) is 27.2 Å². The van der Waals surface area contributed by atoms with Crippen molar-refractivity contribution >= 4 is 19.5 Å². The van der Waals surface area contributed by atoms with Gasteiger partial charge in [-0.1, -0.05) is 67.5 Å². The van der Waals surface area contributed by atoms with E-state index in [1.165, 1.54) is 5.56 Å². The molecule has 2 fully saturated rings. The van der Waals surface area contributed by atoms with Gasteiger partial charge >= 0.3 is 53.6 Å². The van der Waals surface area contributed by atoms with E-state index in [0.29, 0.717) is 54.3 Å². The molecule has 1 aromatic rings. The number of ketones is 1. The number of rotatable bonds is 21. The minimum Gasteiger partial charge on any atom is -0.369 e. The van der Waals surface area contributed by atoms with Gasteiger partial charge in [-0.3, -0.25) is 4.79 Å². The van der Waals surface area contributed by atoms with Crippen LogP contribution in [0.4, 0.5) is 0 Å². The summed E-state index contributed by atoms with van der Waals surface area (Å²) in [6.45, 7) is 16.8. The molecule has 2 N–H and O–H groups in total. The average Bonchev–Trinajstić information content (AvgIpc) is 3.00. The Morgan fingerprint density at radius 3 is 2.11 bits per heavy atom. The first kappa shape index (κ1) is 51.4. The molecule has 2 aliphatic carbocycles. The van der Waals surface area contributed by atoms with Gasteiger partial charge in [-0.05, 0) is 58.0 Å². The Labute approximate surface area is 326 Å². The number of nitrogens with one attached hydrogen (secondary N) is 2. The molecule has 1 aromatic carbocycles. The Bertz CT molecular complexity index is 910. The third-order valence-corrected chi connectivity index (χ3v) is 9.84. The summed E-state index contributed by atoms with van der Waals surface area (Å²) < 4.78 is 0. The second kappa shape index (κ2) is 29.7. The van der Waals surface area contributed by atoms with Gasteiger partial charge < -0.3 is 62.4 Å². The Hall–Kier alpha value is 0.0473. The summed E-state index contributed by atoms with van der Waals surface area (Å²) in [5.41, 5.74) is 1.38. The molecule has 3 rings (SSSR count). The number of carbonyl (C=O) groups excluding carboxylic acids is 2. The zero-order chi connectivity index (χ0) is 31.6. The van der Waals surface area contributed by atoms with Crippen molar-refractivity contribution in [3.63, 3.8) is 0 Å². The van der Waals surface area contributed by atoms with Crippen LogP contribution in [-0.4, -0.2) is 39.7 Å². The third kappa shape index (κ3) is 19.3. The molecule has 2 aliphatic rings. The second-order valence-electron chi connectivity index (χ2n) is 13.0. The molecular formula is C39H63BMn2N2O2Zn. The van der Waals surface area contributed by atoms with Crippen molar-refractivity contribution in [2.75, 3.05) is 20.1 Å². The van der Waals surface area contributed by atoms with Crippen molar-refractivity contribution in [3.8, 4) is 0 Å². The fourth-order valence-electron chi connectivity index (χ4n) is 7.12. The van der Waals surface area contributed by atoms with Crippen LogP contribution in [-0.2, 0) is 69.6 Å². The van der Waals surface area contributed by atoms with E-state index in [9.17, 15) is 9.59 Å². The molecule has 2 saturated carbocycles. The van der Waals surface area contributed by atoms with Gasteiger partial charge in [0.25, 0.3) is 0 Å². The Morgan fingerprint density at radius 1 is 0.894 bits per heavy atom. The summed E-state index contributed by atoms with van der Waals surface area (Å²) in [4.78, 5) is 24.6. The Balaban J connectivity index is -0.00000316. The van der Waals surface area contributed by atoms with Gasteiger partial charge in [0.15, 0.2) is 0 Å². The van der Waals surface area contributed by atoms with Crippen molar-refractivity contribution in [2.24, 2.45) is 41.4 Å². The quantitative estimate of drug-likeness (QED) is 0.0981. The molecule has 0 heterocycles. The summed E-state index contributed by atoms with van der Waals surface area (Å²) >= 11 is 0. The SMILES string of the molecule is [B]C1[CH-]C(CC[CH2-])C1CC(CCNC)CCNC(=O)CCC(CCC(C)=O)CCC1C([CH2-])[CH-]C1Cc1ccccc1.[CH2-]C.[CH3-].[Mn+2].[Mn+2].[Zn+2]. The van der Waals surface area contributed by atoms with E-state index in [2.05, 4.69) is 74.6 Å². The van der Waals surface area contributed by atoms with Crippen LogP contribution in [0.25, 0.3) is 0 Å². The van der Waals surface area contributed by atoms with Crippen LogP contribution >= 0.6 is 0 Å². The Morgan fingerprint density at radius 2 is 1.53 bits per heavy atom. The van der Waals surface area contributed by atoms with E-state index in [4.69, 9.17) is 7.85 Å². The smallest absolute Gasteiger partial charge is 0.369 e. The molecule has 0 saturated heterocycles. The standard InChI is InChI=1S/C36H55BN2O2.C2H5.CH3.2Mn.Zn/c1-5-9-31-25-35(37)34(31)24-30(18-20-38-4)19-21-39-36(41)17-15-28(13-12-27(3)40)14-16-33-26(2)22-32(33)23-29-10-7-6-8-11-29;1-2;;;;/h6-8,10-11,22,25-26,28,30-35,38H,1-2,5,9,12-21,23-24H2,3-4H3,(H,39,41);1H2,2H3;1H3;;;/q-4;2*-1;3*+2. The van der Waals surface area contributed by atoms with Gasteiger partial charge in [0.1, 0.15) is 5.78 Å². The molecule has 0 aromatic heterocycles. The molecule has 260 valence electrons. The summed E-state index contributed by atoms with van der Waals surface area (Å²) in [6.07, 6.45) is 16.1. The van der Waals surface area contributed by atoms with Gasteiger partial charge in [-0.25, -0.2) is 5.82 Å². The first-order valence-electron chi connectivity index (χ1n) is 17.0. The van der Waals surface area contributed by atoms with Crippen LogP contribution in [0.2, 0.25) is 5.82 Å².